The minimum atomic E-state index is 0.525. The van der Waals surface area contributed by atoms with Crippen LogP contribution in [0.4, 0.5) is 0 Å². The van der Waals surface area contributed by atoms with Gasteiger partial charge in [-0.05, 0) is 32.1 Å². The first-order valence-corrected chi connectivity index (χ1v) is 5.91. The summed E-state index contributed by atoms with van der Waals surface area (Å²) < 4.78 is 0. The first-order valence-electron chi connectivity index (χ1n) is 5.91. The average molecular weight is 218 g/mol. The summed E-state index contributed by atoms with van der Waals surface area (Å²) in [6.45, 7) is 3.69. The van der Waals surface area contributed by atoms with E-state index in [0.29, 0.717) is 6.42 Å². The zero-order chi connectivity index (χ0) is 11.9. The highest BCUT2D eigenvalue weighted by Crippen LogP contribution is 1.98. The van der Waals surface area contributed by atoms with Crippen molar-refractivity contribution >= 4 is 6.29 Å². The number of rotatable bonds is 10. The van der Waals surface area contributed by atoms with Crippen molar-refractivity contribution in [3.8, 4) is 0 Å². The summed E-state index contributed by atoms with van der Waals surface area (Å²) in [5.74, 6) is 0. The Morgan fingerprint density at radius 2 is 1.31 bits per heavy atom. The van der Waals surface area contributed by atoms with Crippen LogP contribution in [0.5, 0.6) is 0 Å². The molecule has 0 saturated heterocycles. The van der Waals surface area contributed by atoms with Gasteiger partial charge in [-0.3, -0.25) is 0 Å². The summed E-state index contributed by atoms with van der Waals surface area (Å²) >= 11 is 0. The number of carbonyl (C=O) groups excluding carboxylic acids is 1. The fraction of sp³-hybridized carbons (Fsp3) is 0.400. The summed E-state index contributed by atoms with van der Waals surface area (Å²) in [5, 5.41) is 0. The molecule has 88 valence electrons. The van der Waals surface area contributed by atoms with Gasteiger partial charge < -0.3 is 4.79 Å². The van der Waals surface area contributed by atoms with Gasteiger partial charge in [0.25, 0.3) is 0 Å². The second-order valence-electron chi connectivity index (χ2n) is 3.51. The molecule has 0 radical (unpaired) electrons. The Hall–Kier alpha value is -1.37. The Morgan fingerprint density at radius 3 is 1.88 bits per heavy atom. The van der Waals surface area contributed by atoms with E-state index in [1.165, 1.54) is 6.42 Å². The summed E-state index contributed by atoms with van der Waals surface area (Å²) in [6, 6.07) is 0. The number of hydrogen-bond donors (Lipinski definition) is 0. The molecular formula is C15H22O. The molecular weight excluding hydrogens is 196 g/mol. The van der Waals surface area contributed by atoms with Crippen LogP contribution in [0, 0.1) is 0 Å². The van der Waals surface area contributed by atoms with Crippen LogP contribution in [0.1, 0.15) is 38.5 Å². The molecule has 0 aliphatic rings. The van der Waals surface area contributed by atoms with Crippen LogP contribution in [0.3, 0.4) is 0 Å². The SMILES string of the molecule is C=CCCC/C=C\C/C=C\C/C=C\CC=O. The van der Waals surface area contributed by atoms with Crippen LogP contribution >= 0.6 is 0 Å². The minimum absolute atomic E-state index is 0.525. The third-order valence-electron chi connectivity index (χ3n) is 2.06. The Labute approximate surface area is 99.3 Å². The second-order valence-corrected chi connectivity index (χ2v) is 3.51. The average Bonchev–Trinajstić information content (AvgIpc) is 2.31. The van der Waals surface area contributed by atoms with Crippen molar-refractivity contribution in [2.75, 3.05) is 0 Å². The van der Waals surface area contributed by atoms with Gasteiger partial charge in [0.05, 0.1) is 0 Å². The molecule has 0 atom stereocenters. The normalized spacial score (nSPS) is 11.8. The molecule has 0 aliphatic heterocycles. The van der Waals surface area contributed by atoms with Crippen LogP contribution in [0.25, 0.3) is 0 Å². The highest BCUT2D eigenvalue weighted by Gasteiger charge is 1.78. The number of unbranched alkanes of at least 4 members (excludes halogenated alkanes) is 2. The van der Waals surface area contributed by atoms with E-state index < -0.39 is 0 Å². The van der Waals surface area contributed by atoms with Gasteiger partial charge in [0, 0.05) is 6.42 Å². The predicted octanol–water partition coefficient (Wildman–Crippen LogP) is 4.38. The Bertz CT molecular complexity index is 246. The van der Waals surface area contributed by atoms with E-state index in [0.717, 1.165) is 32.0 Å². The lowest BCUT2D eigenvalue weighted by Crippen LogP contribution is -1.68. The molecule has 0 aliphatic carbocycles. The van der Waals surface area contributed by atoms with Gasteiger partial charge in [-0.1, -0.05) is 42.5 Å². The molecule has 1 heteroatoms. The van der Waals surface area contributed by atoms with Crippen molar-refractivity contribution in [1.82, 2.24) is 0 Å². The van der Waals surface area contributed by atoms with Crippen molar-refractivity contribution in [1.29, 1.82) is 0 Å². The zero-order valence-electron chi connectivity index (χ0n) is 9.98. The molecule has 0 aromatic carbocycles. The van der Waals surface area contributed by atoms with Crippen molar-refractivity contribution in [2.24, 2.45) is 0 Å². The van der Waals surface area contributed by atoms with E-state index in [9.17, 15) is 4.79 Å². The maximum absolute atomic E-state index is 10.0. The molecule has 0 heterocycles. The summed E-state index contributed by atoms with van der Waals surface area (Å²) in [5.41, 5.74) is 0. The molecule has 0 aromatic rings. The topological polar surface area (TPSA) is 17.1 Å². The molecule has 0 amide bonds. The van der Waals surface area contributed by atoms with Crippen LogP contribution in [-0.2, 0) is 4.79 Å². The molecule has 0 aromatic heterocycles. The lowest BCUT2D eigenvalue weighted by molar-refractivity contribution is -0.107. The smallest absolute Gasteiger partial charge is 0.123 e. The molecule has 1 nitrogen and oxygen atoms in total. The van der Waals surface area contributed by atoms with E-state index in [1.54, 1.807) is 0 Å². The predicted molar refractivity (Wildman–Crippen MR) is 71.4 cm³/mol. The number of carbonyl (C=O) groups is 1. The maximum atomic E-state index is 10.0. The van der Waals surface area contributed by atoms with E-state index >= 15 is 0 Å². The molecule has 0 saturated carbocycles. The molecule has 0 spiro atoms. The number of aldehydes is 1. The zero-order valence-corrected chi connectivity index (χ0v) is 9.98. The third kappa shape index (κ3) is 12.6. The lowest BCUT2D eigenvalue weighted by atomic mass is 10.2. The van der Waals surface area contributed by atoms with Gasteiger partial charge in [-0.2, -0.15) is 0 Å². The molecule has 16 heavy (non-hydrogen) atoms. The molecule has 0 rings (SSSR count). The molecule has 0 N–H and O–H groups in total. The van der Waals surface area contributed by atoms with E-state index in [2.05, 4.69) is 30.9 Å². The van der Waals surface area contributed by atoms with Crippen LogP contribution < -0.4 is 0 Å². The quantitative estimate of drug-likeness (QED) is 0.302. The largest absolute Gasteiger partial charge is 0.303 e. The van der Waals surface area contributed by atoms with Gasteiger partial charge in [-0.15, -0.1) is 6.58 Å². The molecule has 0 bridgehead atoms. The van der Waals surface area contributed by atoms with Crippen molar-refractivity contribution in [3.05, 3.63) is 49.1 Å². The van der Waals surface area contributed by atoms with Crippen molar-refractivity contribution in [2.45, 2.75) is 38.5 Å². The van der Waals surface area contributed by atoms with Crippen LogP contribution in [-0.4, -0.2) is 6.29 Å². The number of hydrogen-bond acceptors (Lipinski definition) is 1. The van der Waals surface area contributed by atoms with Gasteiger partial charge in [0.15, 0.2) is 0 Å². The highest BCUT2D eigenvalue weighted by atomic mass is 16.1. The Balaban J connectivity index is 3.32. The van der Waals surface area contributed by atoms with Crippen molar-refractivity contribution < 1.29 is 4.79 Å². The first kappa shape index (κ1) is 14.6. The third-order valence-corrected chi connectivity index (χ3v) is 2.06. The van der Waals surface area contributed by atoms with Gasteiger partial charge >= 0.3 is 0 Å². The second kappa shape index (κ2) is 13.6. The van der Waals surface area contributed by atoms with Crippen LogP contribution in [0.2, 0.25) is 0 Å². The van der Waals surface area contributed by atoms with E-state index in [-0.39, 0.29) is 0 Å². The summed E-state index contributed by atoms with van der Waals surface area (Å²) in [7, 11) is 0. The monoisotopic (exact) mass is 218 g/mol. The van der Waals surface area contributed by atoms with Gasteiger partial charge in [0.1, 0.15) is 6.29 Å². The maximum Gasteiger partial charge on any atom is 0.123 e. The summed E-state index contributed by atoms with van der Waals surface area (Å²) in [6.07, 6.45) is 21.3. The Kier molecular flexibility index (Phi) is 12.5. The van der Waals surface area contributed by atoms with Crippen LogP contribution in [0.15, 0.2) is 49.1 Å². The fourth-order valence-corrected chi connectivity index (χ4v) is 1.19. The fourth-order valence-electron chi connectivity index (χ4n) is 1.19. The van der Waals surface area contributed by atoms with Gasteiger partial charge in [0.2, 0.25) is 0 Å². The Morgan fingerprint density at radius 1 is 0.750 bits per heavy atom. The minimum Gasteiger partial charge on any atom is -0.303 e. The summed E-state index contributed by atoms with van der Waals surface area (Å²) in [4.78, 5) is 10.0. The van der Waals surface area contributed by atoms with E-state index in [4.69, 9.17) is 0 Å². The highest BCUT2D eigenvalue weighted by molar-refractivity contribution is 5.51. The molecule has 0 unspecified atom stereocenters. The number of allylic oxidation sites excluding steroid dienone is 7. The standard InChI is InChI=1S/C15H22O/c1-2-3-4-5-6-7-8-9-10-11-12-13-14-15-16/h2,6-7,9-10,12-13,15H,1,3-5,8,11,14H2/b7-6-,10-9-,13-12-. The lowest BCUT2D eigenvalue weighted by Gasteiger charge is -1.88. The molecule has 0 fully saturated rings. The van der Waals surface area contributed by atoms with E-state index in [1.807, 2.05) is 18.2 Å². The van der Waals surface area contributed by atoms with Gasteiger partial charge in [-0.25, -0.2) is 0 Å². The first-order chi connectivity index (χ1) is 7.91. The van der Waals surface area contributed by atoms with Crippen molar-refractivity contribution in [3.63, 3.8) is 0 Å².